The van der Waals surface area contributed by atoms with Crippen molar-refractivity contribution in [3.8, 4) is 0 Å². The Morgan fingerprint density at radius 3 is 2.79 bits per heavy atom. The summed E-state index contributed by atoms with van der Waals surface area (Å²) in [6.07, 6.45) is 4.70. The second-order valence-electron chi connectivity index (χ2n) is 4.37. The predicted molar refractivity (Wildman–Crippen MR) is 60.9 cm³/mol. The van der Waals surface area contributed by atoms with Crippen LogP contribution in [0.5, 0.6) is 0 Å². The quantitative estimate of drug-likeness (QED) is 0.838. The minimum absolute atomic E-state index is 0.697. The van der Waals surface area contributed by atoms with Gasteiger partial charge in [-0.05, 0) is 30.7 Å². The highest BCUT2D eigenvalue weighted by molar-refractivity contribution is 7.10. The topological polar surface area (TPSA) is 20.2 Å². The fraction of sp³-hybridized carbons (Fsp3) is 0.636. The van der Waals surface area contributed by atoms with Gasteiger partial charge in [-0.3, -0.25) is 0 Å². The Balaban J connectivity index is 2.10. The van der Waals surface area contributed by atoms with Crippen molar-refractivity contribution in [2.24, 2.45) is 5.92 Å². The SMILES string of the molecule is CC(O)(CC1CCC1)c1sccc1Cl. The predicted octanol–water partition coefficient (Wildman–Crippen LogP) is 3.80. The van der Waals surface area contributed by atoms with Crippen LogP contribution in [0, 0.1) is 5.92 Å². The molecule has 0 saturated heterocycles. The first-order valence-electron chi connectivity index (χ1n) is 5.05. The average molecular weight is 231 g/mol. The summed E-state index contributed by atoms with van der Waals surface area (Å²) in [5.41, 5.74) is -0.726. The summed E-state index contributed by atoms with van der Waals surface area (Å²) in [5.74, 6) is 0.697. The molecule has 3 heteroatoms. The van der Waals surface area contributed by atoms with Crippen molar-refractivity contribution in [2.75, 3.05) is 0 Å². The van der Waals surface area contributed by atoms with Gasteiger partial charge in [0.05, 0.1) is 15.5 Å². The lowest BCUT2D eigenvalue weighted by molar-refractivity contribution is 0.0195. The van der Waals surface area contributed by atoms with E-state index in [0.29, 0.717) is 10.9 Å². The average Bonchev–Trinajstić information content (AvgIpc) is 2.45. The van der Waals surface area contributed by atoms with Crippen molar-refractivity contribution in [2.45, 2.75) is 38.2 Å². The summed E-state index contributed by atoms with van der Waals surface area (Å²) in [7, 11) is 0. The first-order valence-corrected chi connectivity index (χ1v) is 6.31. The number of halogens is 1. The van der Waals surface area contributed by atoms with Gasteiger partial charge < -0.3 is 5.11 Å². The molecular formula is C11H15ClOS. The molecule has 1 unspecified atom stereocenters. The van der Waals surface area contributed by atoms with Crippen molar-refractivity contribution in [3.63, 3.8) is 0 Å². The summed E-state index contributed by atoms with van der Waals surface area (Å²) in [4.78, 5) is 0.922. The third kappa shape index (κ3) is 1.97. The molecule has 1 N–H and O–H groups in total. The van der Waals surface area contributed by atoms with E-state index in [0.717, 1.165) is 11.3 Å². The molecule has 0 amide bonds. The van der Waals surface area contributed by atoms with Crippen LogP contribution in [0.4, 0.5) is 0 Å². The Morgan fingerprint density at radius 1 is 1.64 bits per heavy atom. The molecule has 0 radical (unpaired) electrons. The molecule has 14 heavy (non-hydrogen) atoms. The zero-order valence-electron chi connectivity index (χ0n) is 8.29. The molecule has 1 atom stereocenters. The number of rotatable bonds is 3. The van der Waals surface area contributed by atoms with E-state index in [4.69, 9.17) is 11.6 Å². The van der Waals surface area contributed by atoms with Gasteiger partial charge >= 0.3 is 0 Å². The summed E-state index contributed by atoms with van der Waals surface area (Å²) in [6.45, 7) is 1.88. The van der Waals surface area contributed by atoms with E-state index in [9.17, 15) is 5.11 Å². The van der Waals surface area contributed by atoms with Crippen LogP contribution in [-0.4, -0.2) is 5.11 Å². The zero-order valence-corrected chi connectivity index (χ0v) is 9.87. The van der Waals surface area contributed by atoms with Gasteiger partial charge in [-0.1, -0.05) is 30.9 Å². The van der Waals surface area contributed by atoms with Crippen molar-refractivity contribution >= 4 is 22.9 Å². The molecule has 1 nitrogen and oxygen atoms in total. The van der Waals surface area contributed by atoms with Crippen LogP contribution in [0.1, 0.15) is 37.5 Å². The minimum Gasteiger partial charge on any atom is -0.385 e. The fourth-order valence-electron chi connectivity index (χ4n) is 2.03. The van der Waals surface area contributed by atoms with Gasteiger partial charge in [0.25, 0.3) is 0 Å². The number of aliphatic hydroxyl groups is 1. The maximum atomic E-state index is 10.3. The molecule has 1 aliphatic rings. The second kappa shape index (κ2) is 3.84. The molecule has 0 aliphatic heterocycles. The highest BCUT2D eigenvalue weighted by Crippen LogP contribution is 2.41. The molecule has 1 aliphatic carbocycles. The van der Waals surface area contributed by atoms with Crippen LogP contribution in [0.3, 0.4) is 0 Å². The summed E-state index contributed by atoms with van der Waals surface area (Å²) in [6, 6.07) is 1.86. The number of hydrogen-bond donors (Lipinski definition) is 1. The Hall–Kier alpha value is -0.0500. The molecule has 1 aromatic rings. The fourth-order valence-corrected chi connectivity index (χ4v) is 3.36. The molecular weight excluding hydrogens is 216 g/mol. The first-order chi connectivity index (χ1) is 6.59. The largest absolute Gasteiger partial charge is 0.385 e. The van der Waals surface area contributed by atoms with Gasteiger partial charge in [-0.15, -0.1) is 11.3 Å². The normalized spacial score (nSPS) is 21.6. The molecule has 1 aromatic heterocycles. The Kier molecular flexibility index (Phi) is 2.87. The van der Waals surface area contributed by atoms with Crippen LogP contribution in [-0.2, 0) is 5.60 Å². The van der Waals surface area contributed by atoms with Gasteiger partial charge in [-0.2, -0.15) is 0 Å². The van der Waals surface area contributed by atoms with E-state index in [2.05, 4.69) is 0 Å². The maximum absolute atomic E-state index is 10.3. The highest BCUT2D eigenvalue weighted by Gasteiger charge is 2.32. The molecule has 0 spiro atoms. The first kappa shape index (κ1) is 10.5. The minimum atomic E-state index is -0.726. The van der Waals surface area contributed by atoms with Crippen LogP contribution in [0.2, 0.25) is 5.02 Å². The third-order valence-corrected chi connectivity index (χ3v) is 4.61. The van der Waals surface area contributed by atoms with Gasteiger partial charge in [0, 0.05) is 0 Å². The Morgan fingerprint density at radius 2 is 2.36 bits per heavy atom. The molecule has 1 fully saturated rings. The smallest absolute Gasteiger partial charge is 0.0977 e. The molecule has 1 heterocycles. The maximum Gasteiger partial charge on any atom is 0.0977 e. The molecule has 2 rings (SSSR count). The lowest BCUT2D eigenvalue weighted by Crippen LogP contribution is -2.27. The van der Waals surface area contributed by atoms with E-state index in [1.54, 1.807) is 11.3 Å². The lowest BCUT2D eigenvalue weighted by Gasteiger charge is -2.33. The highest BCUT2D eigenvalue weighted by atomic mass is 35.5. The lowest BCUT2D eigenvalue weighted by atomic mass is 9.77. The van der Waals surface area contributed by atoms with E-state index in [-0.39, 0.29) is 0 Å². The van der Waals surface area contributed by atoms with Crippen molar-refractivity contribution in [1.82, 2.24) is 0 Å². The van der Waals surface area contributed by atoms with E-state index >= 15 is 0 Å². The molecule has 0 aromatic carbocycles. The second-order valence-corrected chi connectivity index (χ2v) is 5.70. The summed E-state index contributed by atoms with van der Waals surface area (Å²) in [5, 5.41) is 13.0. The third-order valence-electron chi connectivity index (χ3n) is 3.02. The van der Waals surface area contributed by atoms with Crippen LogP contribution < -0.4 is 0 Å². The van der Waals surface area contributed by atoms with Crippen molar-refractivity contribution in [3.05, 3.63) is 21.3 Å². The van der Waals surface area contributed by atoms with Crippen LogP contribution in [0.25, 0.3) is 0 Å². The van der Waals surface area contributed by atoms with Gasteiger partial charge in [-0.25, -0.2) is 0 Å². The Labute approximate surface area is 93.7 Å². The van der Waals surface area contributed by atoms with Gasteiger partial charge in [0.2, 0.25) is 0 Å². The van der Waals surface area contributed by atoms with Crippen LogP contribution >= 0.6 is 22.9 Å². The monoisotopic (exact) mass is 230 g/mol. The van der Waals surface area contributed by atoms with E-state index in [1.165, 1.54) is 19.3 Å². The number of thiophene rings is 1. The van der Waals surface area contributed by atoms with Crippen molar-refractivity contribution in [1.29, 1.82) is 0 Å². The van der Waals surface area contributed by atoms with E-state index in [1.807, 2.05) is 18.4 Å². The molecule has 0 bridgehead atoms. The summed E-state index contributed by atoms with van der Waals surface area (Å²) < 4.78 is 0. The van der Waals surface area contributed by atoms with Gasteiger partial charge in [0.15, 0.2) is 0 Å². The van der Waals surface area contributed by atoms with Crippen molar-refractivity contribution < 1.29 is 5.11 Å². The summed E-state index contributed by atoms with van der Waals surface area (Å²) >= 11 is 7.57. The van der Waals surface area contributed by atoms with Crippen LogP contribution in [0.15, 0.2) is 11.4 Å². The van der Waals surface area contributed by atoms with Gasteiger partial charge in [0.1, 0.15) is 0 Å². The zero-order chi connectivity index (χ0) is 10.2. The standard InChI is InChI=1S/C11H15ClOS/c1-11(13,7-8-3-2-4-8)10-9(12)5-6-14-10/h5-6,8,13H,2-4,7H2,1H3. The van der Waals surface area contributed by atoms with E-state index < -0.39 is 5.60 Å². The Bertz CT molecular complexity index is 315. The number of hydrogen-bond acceptors (Lipinski definition) is 2. The molecule has 1 saturated carbocycles. The molecule has 78 valence electrons.